The molecule has 0 aromatic rings. The van der Waals surface area contributed by atoms with Crippen LogP contribution in [0.4, 0.5) is 0 Å². The molecule has 0 bridgehead atoms. The van der Waals surface area contributed by atoms with E-state index in [4.69, 9.17) is 10.9 Å². The number of amides is 1. The van der Waals surface area contributed by atoms with Crippen LogP contribution in [0, 0.1) is 5.41 Å². The third-order valence-electron chi connectivity index (χ3n) is 4.70. The summed E-state index contributed by atoms with van der Waals surface area (Å²) in [5.74, 6) is -0.0821. The minimum Gasteiger partial charge on any atom is -0.409 e. The van der Waals surface area contributed by atoms with Crippen LogP contribution in [0.1, 0.15) is 58.8 Å². The zero-order valence-corrected chi connectivity index (χ0v) is 13.2. The van der Waals surface area contributed by atoms with Crippen molar-refractivity contribution in [2.45, 2.75) is 64.8 Å². The number of rotatable bonds is 7. The number of nitrogens with two attached hydrogens (primary N) is 1. The highest BCUT2D eigenvalue weighted by atomic mass is 16.4. The molecule has 1 fully saturated rings. The minimum absolute atomic E-state index is 0.0149. The van der Waals surface area contributed by atoms with Gasteiger partial charge in [-0.3, -0.25) is 4.79 Å². The topological polar surface area (TPSA) is 99.2 Å². The SMILES string of the molecule is CCC(CC)N(CCO)C(=O)C1(C(N)=NO)CCCCC1. The van der Waals surface area contributed by atoms with E-state index >= 15 is 0 Å². The minimum atomic E-state index is -0.898. The molecule has 1 amide bonds. The summed E-state index contributed by atoms with van der Waals surface area (Å²) in [6.07, 6.45) is 5.75. The Bertz CT molecular complexity index is 361. The van der Waals surface area contributed by atoms with E-state index in [1.165, 1.54) is 0 Å². The van der Waals surface area contributed by atoms with E-state index in [1.807, 2.05) is 13.8 Å². The number of carbonyl (C=O) groups is 1. The second-order valence-electron chi connectivity index (χ2n) is 5.82. The monoisotopic (exact) mass is 299 g/mol. The number of amidine groups is 1. The van der Waals surface area contributed by atoms with Crippen LogP contribution in [0.2, 0.25) is 0 Å². The molecule has 0 heterocycles. The molecule has 6 nitrogen and oxygen atoms in total. The fourth-order valence-corrected chi connectivity index (χ4v) is 3.39. The molecular formula is C15H29N3O3. The van der Waals surface area contributed by atoms with E-state index < -0.39 is 5.41 Å². The third kappa shape index (κ3) is 3.67. The van der Waals surface area contributed by atoms with Gasteiger partial charge in [0.05, 0.1) is 6.61 Å². The summed E-state index contributed by atoms with van der Waals surface area (Å²) in [7, 11) is 0. The molecule has 4 N–H and O–H groups in total. The molecule has 0 radical (unpaired) electrons. The van der Waals surface area contributed by atoms with Crippen molar-refractivity contribution < 1.29 is 15.1 Å². The average Bonchev–Trinajstić information content (AvgIpc) is 2.54. The number of aliphatic hydroxyl groups is 1. The third-order valence-corrected chi connectivity index (χ3v) is 4.70. The molecule has 0 aliphatic heterocycles. The van der Waals surface area contributed by atoms with Gasteiger partial charge in [0.25, 0.3) is 0 Å². The number of aliphatic hydroxyl groups excluding tert-OH is 1. The molecule has 1 aliphatic carbocycles. The summed E-state index contributed by atoms with van der Waals surface area (Å²) in [6, 6.07) is 0.0787. The Morgan fingerprint density at radius 1 is 1.29 bits per heavy atom. The molecule has 1 aliphatic rings. The van der Waals surface area contributed by atoms with Crippen LogP contribution >= 0.6 is 0 Å². The quantitative estimate of drug-likeness (QED) is 0.288. The lowest BCUT2D eigenvalue weighted by molar-refractivity contribution is -0.143. The van der Waals surface area contributed by atoms with E-state index in [1.54, 1.807) is 4.90 Å². The van der Waals surface area contributed by atoms with Gasteiger partial charge in [0, 0.05) is 12.6 Å². The van der Waals surface area contributed by atoms with Gasteiger partial charge in [-0.1, -0.05) is 38.3 Å². The molecule has 1 rings (SSSR count). The number of nitrogens with zero attached hydrogens (tertiary/aromatic N) is 2. The normalized spacial score (nSPS) is 18.8. The molecule has 122 valence electrons. The summed E-state index contributed by atoms with van der Waals surface area (Å²) in [4.78, 5) is 14.8. The van der Waals surface area contributed by atoms with E-state index in [-0.39, 0.29) is 24.4 Å². The van der Waals surface area contributed by atoms with Crippen molar-refractivity contribution in [3.05, 3.63) is 0 Å². The number of hydrogen-bond acceptors (Lipinski definition) is 4. The van der Waals surface area contributed by atoms with Gasteiger partial charge in [0.2, 0.25) is 5.91 Å². The predicted molar refractivity (Wildman–Crippen MR) is 82.1 cm³/mol. The Morgan fingerprint density at radius 2 is 1.86 bits per heavy atom. The fourth-order valence-electron chi connectivity index (χ4n) is 3.39. The van der Waals surface area contributed by atoms with E-state index in [9.17, 15) is 9.90 Å². The van der Waals surface area contributed by atoms with Crippen molar-refractivity contribution in [2.75, 3.05) is 13.2 Å². The van der Waals surface area contributed by atoms with Crippen LogP contribution < -0.4 is 5.73 Å². The molecule has 0 spiro atoms. The lowest BCUT2D eigenvalue weighted by atomic mass is 9.71. The zero-order chi connectivity index (χ0) is 15.9. The van der Waals surface area contributed by atoms with Crippen molar-refractivity contribution in [2.24, 2.45) is 16.3 Å². The summed E-state index contributed by atoms with van der Waals surface area (Å²) in [5, 5.41) is 21.6. The van der Waals surface area contributed by atoms with Crippen LogP contribution in [0.25, 0.3) is 0 Å². The summed E-state index contributed by atoms with van der Waals surface area (Å²) < 4.78 is 0. The summed E-state index contributed by atoms with van der Waals surface area (Å²) in [5.41, 5.74) is 4.99. The molecule has 0 atom stereocenters. The lowest BCUT2D eigenvalue weighted by Crippen LogP contribution is -2.55. The molecule has 6 heteroatoms. The van der Waals surface area contributed by atoms with Crippen LogP contribution in [-0.4, -0.2) is 46.1 Å². The standard InChI is InChI=1S/C15H29N3O3/c1-3-12(4-2)18(10-11-19)14(20)15(13(16)17-21)8-6-5-7-9-15/h12,19,21H,3-11H2,1-2H3,(H2,16,17). The molecule has 0 unspecified atom stereocenters. The van der Waals surface area contributed by atoms with Crippen molar-refractivity contribution >= 4 is 11.7 Å². The average molecular weight is 299 g/mol. The highest BCUT2D eigenvalue weighted by Crippen LogP contribution is 2.39. The molecule has 21 heavy (non-hydrogen) atoms. The molecule has 0 saturated heterocycles. The Hall–Kier alpha value is -1.30. The number of carbonyl (C=O) groups excluding carboxylic acids is 1. The Kier molecular flexibility index (Phi) is 6.95. The van der Waals surface area contributed by atoms with Gasteiger partial charge in [-0.2, -0.15) is 0 Å². The van der Waals surface area contributed by atoms with Crippen molar-refractivity contribution in [1.29, 1.82) is 0 Å². The predicted octanol–water partition coefficient (Wildman–Crippen LogP) is 1.69. The van der Waals surface area contributed by atoms with Crippen LogP contribution in [0.5, 0.6) is 0 Å². The largest absolute Gasteiger partial charge is 0.409 e. The van der Waals surface area contributed by atoms with Crippen molar-refractivity contribution in [3.63, 3.8) is 0 Å². The number of oxime groups is 1. The van der Waals surface area contributed by atoms with Crippen molar-refractivity contribution in [1.82, 2.24) is 4.90 Å². The first-order chi connectivity index (χ1) is 10.1. The molecule has 1 saturated carbocycles. The first-order valence-electron chi connectivity index (χ1n) is 7.97. The Balaban J connectivity index is 3.11. The van der Waals surface area contributed by atoms with Gasteiger partial charge in [0.1, 0.15) is 5.41 Å². The summed E-state index contributed by atoms with van der Waals surface area (Å²) in [6.45, 7) is 4.28. The van der Waals surface area contributed by atoms with Gasteiger partial charge >= 0.3 is 0 Å². The van der Waals surface area contributed by atoms with Crippen LogP contribution in [-0.2, 0) is 4.79 Å². The van der Waals surface area contributed by atoms with Crippen molar-refractivity contribution in [3.8, 4) is 0 Å². The summed E-state index contributed by atoms with van der Waals surface area (Å²) >= 11 is 0. The van der Waals surface area contributed by atoms with Gasteiger partial charge in [-0.25, -0.2) is 0 Å². The maximum absolute atomic E-state index is 13.1. The molecule has 0 aromatic heterocycles. The van der Waals surface area contributed by atoms with Gasteiger partial charge in [-0.05, 0) is 25.7 Å². The Labute approximate surface area is 127 Å². The van der Waals surface area contributed by atoms with Gasteiger partial charge < -0.3 is 20.9 Å². The van der Waals surface area contributed by atoms with Crippen LogP contribution in [0.3, 0.4) is 0 Å². The molecular weight excluding hydrogens is 270 g/mol. The van der Waals surface area contributed by atoms with E-state index in [0.717, 1.165) is 32.1 Å². The highest BCUT2D eigenvalue weighted by Gasteiger charge is 2.46. The van der Waals surface area contributed by atoms with Gasteiger partial charge in [-0.15, -0.1) is 0 Å². The van der Waals surface area contributed by atoms with E-state index in [2.05, 4.69) is 5.16 Å². The number of hydrogen-bond donors (Lipinski definition) is 3. The smallest absolute Gasteiger partial charge is 0.236 e. The second-order valence-corrected chi connectivity index (χ2v) is 5.82. The second kappa shape index (κ2) is 8.22. The lowest BCUT2D eigenvalue weighted by Gasteiger charge is -2.41. The molecule has 0 aromatic carbocycles. The van der Waals surface area contributed by atoms with Crippen LogP contribution in [0.15, 0.2) is 5.16 Å². The first-order valence-corrected chi connectivity index (χ1v) is 7.97. The van der Waals surface area contributed by atoms with E-state index in [0.29, 0.717) is 19.4 Å². The first kappa shape index (κ1) is 17.8. The highest BCUT2D eigenvalue weighted by molar-refractivity contribution is 6.06. The zero-order valence-electron chi connectivity index (χ0n) is 13.2. The van der Waals surface area contributed by atoms with Gasteiger partial charge in [0.15, 0.2) is 5.84 Å². The fraction of sp³-hybridized carbons (Fsp3) is 0.867. The maximum atomic E-state index is 13.1. The maximum Gasteiger partial charge on any atom is 0.236 e. The Morgan fingerprint density at radius 3 is 2.29 bits per heavy atom.